The molecule has 0 atom stereocenters. The standard InChI is InChI=1S/C20H17FN2/c1-14-4-3-5-17(12-14)15(2)23-11-10-18(13-20(23)22)16-6-8-19(21)9-7-16/h3-13,22H,2H2,1H3. The number of aryl methyl sites for hydroxylation is 1. The van der Waals surface area contributed by atoms with Crippen LogP contribution in [0.2, 0.25) is 0 Å². The Kier molecular flexibility index (Phi) is 3.94. The lowest BCUT2D eigenvalue weighted by Crippen LogP contribution is -2.18. The van der Waals surface area contributed by atoms with E-state index < -0.39 is 0 Å². The van der Waals surface area contributed by atoms with Gasteiger partial charge in [-0.1, -0.05) is 42.5 Å². The number of rotatable bonds is 3. The molecule has 3 aromatic rings. The summed E-state index contributed by atoms with van der Waals surface area (Å²) in [5.41, 5.74) is 4.98. The predicted molar refractivity (Wildman–Crippen MR) is 91.3 cm³/mol. The van der Waals surface area contributed by atoms with Gasteiger partial charge in [0.1, 0.15) is 11.3 Å². The molecule has 1 N–H and O–H groups in total. The Balaban J connectivity index is 1.98. The molecule has 0 bridgehead atoms. The van der Waals surface area contributed by atoms with Crippen LogP contribution in [-0.4, -0.2) is 4.57 Å². The highest BCUT2D eigenvalue weighted by Crippen LogP contribution is 2.20. The van der Waals surface area contributed by atoms with Gasteiger partial charge < -0.3 is 4.57 Å². The average molecular weight is 304 g/mol. The summed E-state index contributed by atoms with van der Waals surface area (Å²) in [7, 11) is 0. The van der Waals surface area contributed by atoms with Gasteiger partial charge in [-0.3, -0.25) is 5.41 Å². The van der Waals surface area contributed by atoms with Crippen molar-refractivity contribution in [3.63, 3.8) is 0 Å². The summed E-state index contributed by atoms with van der Waals surface area (Å²) < 4.78 is 14.8. The monoisotopic (exact) mass is 304 g/mol. The molecule has 0 spiro atoms. The molecule has 0 aliphatic heterocycles. The molecule has 0 amide bonds. The van der Waals surface area contributed by atoms with E-state index in [1.165, 1.54) is 12.1 Å². The fraction of sp³-hybridized carbons (Fsp3) is 0.0500. The fourth-order valence-corrected chi connectivity index (χ4v) is 2.52. The molecule has 3 rings (SSSR count). The van der Waals surface area contributed by atoms with Crippen molar-refractivity contribution in [3.05, 3.63) is 95.9 Å². The predicted octanol–water partition coefficient (Wildman–Crippen LogP) is 4.60. The van der Waals surface area contributed by atoms with Gasteiger partial charge in [0.25, 0.3) is 0 Å². The maximum absolute atomic E-state index is 13.0. The largest absolute Gasteiger partial charge is 0.302 e. The lowest BCUT2D eigenvalue weighted by Gasteiger charge is -2.12. The number of benzene rings is 2. The molecule has 0 saturated heterocycles. The Morgan fingerprint density at radius 1 is 1.00 bits per heavy atom. The maximum atomic E-state index is 13.0. The van der Waals surface area contributed by atoms with Gasteiger partial charge in [0.05, 0.1) is 0 Å². The number of nitrogens with one attached hydrogen (secondary N) is 1. The van der Waals surface area contributed by atoms with Crippen molar-refractivity contribution < 1.29 is 4.39 Å². The third-order valence-electron chi connectivity index (χ3n) is 3.77. The van der Waals surface area contributed by atoms with Gasteiger partial charge in [-0.05, 0) is 53.9 Å². The minimum absolute atomic E-state index is 0.265. The topological polar surface area (TPSA) is 28.8 Å². The van der Waals surface area contributed by atoms with Gasteiger partial charge in [0.2, 0.25) is 0 Å². The summed E-state index contributed by atoms with van der Waals surface area (Å²) in [6.45, 7) is 6.13. The van der Waals surface area contributed by atoms with Crippen LogP contribution in [0.1, 0.15) is 11.1 Å². The Bertz CT molecular complexity index is 921. The van der Waals surface area contributed by atoms with Crippen LogP contribution in [0.4, 0.5) is 4.39 Å². The molecule has 3 heteroatoms. The van der Waals surface area contributed by atoms with Crippen molar-refractivity contribution in [3.8, 4) is 11.1 Å². The molecule has 0 saturated carbocycles. The van der Waals surface area contributed by atoms with Crippen LogP contribution in [0, 0.1) is 18.2 Å². The van der Waals surface area contributed by atoms with Crippen LogP contribution in [0.15, 0.2) is 73.4 Å². The number of aromatic nitrogens is 1. The highest BCUT2D eigenvalue weighted by Gasteiger charge is 2.05. The molecule has 2 aromatic carbocycles. The third kappa shape index (κ3) is 3.14. The van der Waals surface area contributed by atoms with Crippen molar-refractivity contribution in [1.29, 1.82) is 5.41 Å². The fourth-order valence-electron chi connectivity index (χ4n) is 2.52. The van der Waals surface area contributed by atoms with E-state index in [1.807, 2.05) is 43.5 Å². The Morgan fingerprint density at radius 3 is 2.39 bits per heavy atom. The minimum Gasteiger partial charge on any atom is -0.302 e. The molecule has 1 heterocycles. The molecular formula is C20H17FN2. The molecule has 0 radical (unpaired) electrons. The number of nitrogens with zero attached hydrogens (tertiary/aromatic N) is 1. The van der Waals surface area contributed by atoms with Crippen molar-refractivity contribution >= 4 is 5.70 Å². The van der Waals surface area contributed by atoms with Crippen LogP contribution < -0.4 is 5.49 Å². The van der Waals surface area contributed by atoms with Crippen LogP contribution in [-0.2, 0) is 0 Å². The Hall–Kier alpha value is -2.94. The second-order valence-corrected chi connectivity index (χ2v) is 5.49. The molecule has 1 aromatic heterocycles. The van der Waals surface area contributed by atoms with Gasteiger partial charge in [-0.2, -0.15) is 0 Å². The highest BCUT2D eigenvalue weighted by molar-refractivity contribution is 5.67. The summed E-state index contributed by atoms with van der Waals surface area (Å²) in [5.74, 6) is -0.265. The molecule has 0 aliphatic carbocycles. The van der Waals surface area contributed by atoms with E-state index in [0.717, 1.165) is 28.0 Å². The summed E-state index contributed by atoms with van der Waals surface area (Å²) in [6, 6.07) is 18.0. The van der Waals surface area contributed by atoms with Gasteiger partial charge >= 0.3 is 0 Å². The maximum Gasteiger partial charge on any atom is 0.129 e. The van der Waals surface area contributed by atoms with Gasteiger partial charge in [0, 0.05) is 11.9 Å². The molecule has 2 nitrogen and oxygen atoms in total. The van der Waals surface area contributed by atoms with E-state index in [0.29, 0.717) is 5.49 Å². The summed E-state index contributed by atoms with van der Waals surface area (Å²) in [6.07, 6.45) is 1.83. The SMILES string of the molecule is C=C(c1cccc(C)c1)n1ccc(-c2ccc(F)cc2)cc1=N. The first kappa shape index (κ1) is 15.0. The molecule has 0 unspecified atom stereocenters. The van der Waals surface area contributed by atoms with Gasteiger partial charge in [0.15, 0.2) is 0 Å². The smallest absolute Gasteiger partial charge is 0.129 e. The van der Waals surface area contributed by atoms with E-state index in [-0.39, 0.29) is 5.82 Å². The number of hydrogen-bond donors (Lipinski definition) is 1. The molecule has 0 aliphatic rings. The summed E-state index contributed by atoms with van der Waals surface area (Å²) in [5, 5.41) is 8.26. The van der Waals surface area contributed by atoms with Gasteiger partial charge in [-0.25, -0.2) is 4.39 Å². The van der Waals surface area contributed by atoms with E-state index >= 15 is 0 Å². The van der Waals surface area contributed by atoms with E-state index in [2.05, 4.69) is 6.58 Å². The van der Waals surface area contributed by atoms with Crippen LogP contribution in [0.25, 0.3) is 16.8 Å². The molecule has 23 heavy (non-hydrogen) atoms. The second-order valence-electron chi connectivity index (χ2n) is 5.49. The highest BCUT2D eigenvalue weighted by atomic mass is 19.1. The zero-order chi connectivity index (χ0) is 16.4. The first-order valence-electron chi connectivity index (χ1n) is 7.34. The van der Waals surface area contributed by atoms with Crippen LogP contribution in [0.3, 0.4) is 0 Å². The minimum atomic E-state index is -0.265. The zero-order valence-corrected chi connectivity index (χ0v) is 12.9. The Labute approximate surface area is 134 Å². The van der Waals surface area contributed by atoms with E-state index in [4.69, 9.17) is 5.41 Å². The lowest BCUT2D eigenvalue weighted by atomic mass is 10.1. The Morgan fingerprint density at radius 2 is 1.74 bits per heavy atom. The van der Waals surface area contributed by atoms with Crippen molar-refractivity contribution in [2.45, 2.75) is 6.92 Å². The van der Waals surface area contributed by atoms with E-state index in [9.17, 15) is 4.39 Å². The van der Waals surface area contributed by atoms with E-state index in [1.54, 1.807) is 22.8 Å². The molecule has 0 fully saturated rings. The van der Waals surface area contributed by atoms with Crippen molar-refractivity contribution in [2.24, 2.45) is 0 Å². The molecular weight excluding hydrogens is 287 g/mol. The van der Waals surface area contributed by atoms with Crippen LogP contribution >= 0.6 is 0 Å². The first-order chi connectivity index (χ1) is 11.0. The van der Waals surface area contributed by atoms with Crippen molar-refractivity contribution in [1.82, 2.24) is 4.57 Å². The number of hydrogen-bond acceptors (Lipinski definition) is 1. The average Bonchev–Trinajstić information content (AvgIpc) is 2.55. The summed E-state index contributed by atoms with van der Waals surface area (Å²) >= 11 is 0. The quantitative estimate of drug-likeness (QED) is 0.732. The zero-order valence-electron chi connectivity index (χ0n) is 12.9. The second kappa shape index (κ2) is 6.05. The first-order valence-corrected chi connectivity index (χ1v) is 7.34. The summed E-state index contributed by atoms with van der Waals surface area (Å²) in [4.78, 5) is 0. The lowest BCUT2D eigenvalue weighted by molar-refractivity contribution is 0.628. The number of halogens is 1. The molecule has 114 valence electrons. The normalized spacial score (nSPS) is 10.5. The van der Waals surface area contributed by atoms with Gasteiger partial charge in [-0.15, -0.1) is 0 Å². The van der Waals surface area contributed by atoms with Crippen LogP contribution in [0.5, 0.6) is 0 Å². The third-order valence-corrected chi connectivity index (χ3v) is 3.77. The van der Waals surface area contributed by atoms with Crippen molar-refractivity contribution in [2.75, 3.05) is 0 Å². The number of pyridine rings is 1.